The van der Waals surface area contributed by atoms with E-state index in [1.54, 1.807) is 29.0 Å². The standard InChI is InChI=1S/C13H24N4O/c1-9(13(2,3)4)17(6)12(18)11(14)10-7-15-16(5)8-10/h7-9,11H,14H2,1-6H3. The summed E-state index contributed by atoms with van der Waals surface area (Å²) in [6.45, 7) is 8.36. The maximum Gasteiger partial charge on any atom is 0.244 e. The summed E-state index contributed by atoms with van der Waals surface area (Å²) < 4.78 is 1.65. The van der Waals surface area contributed by atoms with Crippen molar-refractivity contribution in [3.63, 3.8) is 0 Å². The van der Waals surface area contributed by atoms with Gasteiger partial charge in [0.1, 0.15) is 6.04 Å². The first-order chi connectivity index (χ1) is 8.14. The quantitative estimate of drug-likeness (QED) is 0.882. The monoisotopic (exact) mass is 252 g/mol. The van der Waals surface area contributed by atoms with Gasteiger partial charge in [0, 0.05) is 31.9 Å². The average Bonchev–Trinajstić information content (AvgIpc) is 2.70. The molecule has 5 heteroatoms. The van der Waals surface area contributed by atoms with Crippen molar-refractivity contribution in [2.45, 2.75) is 39.8 Å². The molecule has 1 rings (SSSR count). The molecule has 2 N–H and O–H groups in total. The third-order valence-corrected chi connectivity index (χ3v) is 3.53. The first-order valence-electron chi connectivity index (χ1n) is 6.15. The first kappa shape index (κ1) is 14.7. The second kappa shape index (κ2) is 5.10. The number of aromatic nitrogens is 2. The summed E-state index contributed by atoms with van der Waals surface area (Å²) in [7, 11) is 3.61. The highest BCUT2D eigenvalue weighted by molar-refractivity contribution is 5.83. The summed E-state index contributed by atoms with van der Waals surface area (Å²) in [4.78, 5) is 14.0. The predicted octanol–water partition coefficient (Wildman–Crippen LogP) is 1.31. The molecular formula is C13H24N4O. The van der Waals surface area contributed by atoms with Gasteiger partial charge in [0.2, 0.25) is 5.91 Å². The highest BCUT2D eigenvalue weighted by atomic mass is 16.2. The Morgan fingerprint density at radius 3 is 2.44 bits per heavy atom. The van der Waals surface area contributed by atoms with Gasteiger partial charge in [-0.1, -0.05) is 20.8 Å². The lowest BCUT2D eigenvalue weighted by atomic mass is 9.87. The smallest absolute Gasteiger partial charge is 0.244 e. The van der Waals surface area contributed by atoms with E-state index in [0.717, 1.165) is 5.56 Å². The molecule has 0 bridgehead atoms. The van der Waals surface area contributed by atoms with Gasteiger partial charge in [-0.15, -0.1) is 0 Å². The van der Waals surface area contributed by atoms with Crippen LogP contribution in [0.25, 0.3) is 0 Å². The Hall–Kier alpha value is -1.36. The SMILES string of the molecule is CC(N(C)C(=O)C(N)c1cnn(C)c1)C(C)(C)C. The number of hydrogen-bond acceptors (Lipinski definition) is 3. The molecule has 0 radical (unpaired) electrons. The maximum atomic E-state index is 12.3. The number of hydrogen-bond donors (Lipinski definition) is 1. The number of nitrogens with two attached hydrogens (primary N) is 1. The van der Waals surface area contributed by atoms with Gasteiger partial charge in [-0.3, -0.25) is 9.48 Å². The van der Waals surface area contributed by atoms with E-state index in [4.69, 9.17) is 5.73 Å². The lowest BCUT2D eigenvalue weighted by Crippen LogP contribution is -2.46. The average molecular weight is 252 g/mol. The fraction of sp³-hybridized carbons (Fsp3) is 0.692. The Morgan fingerprint density at radius 2 is 2.06 bits per heavy atom. The van der Waals surface area contributed by atoms with Gasteiger partial charge >= 0.3 is 0 Å². The van der Waals surface area contributed by atoms with Crippen molar-refractivity contribution in [1.29, 1.82) is 0 Å². The van der Waals surface area contributed by atoms with Crippen LogP contribution in [0, 0.1) is 5.41 Å². The summed E-state index contributed by atoms with van der Waals surface area (Å²) in [6, 6.07) is -0.527. The fourth-order valence-corrected chi connectivity index (χ4v) is 1.73. The predicted molar refractivity (Wildman–Crippen MR) is 71.8 cm³/mol. The van der Waals surface area contributed by atoms with E-state index >= 15 is 0 Å². The molecule has 0 saturated carbocycles. The van der Waals surface area contributed by atoms with Gasteiger partial charge in [0.15, 0.2) is 0 Å². The summed E-state index contributed by atoms with van der Waals surface area (Å²) in [5, 5.41) is 4.04. The molecule has 1 aromatic heterocycles. The van der Waals surface area contributed by atoms with E-state index in [-0.39, 0.29) is 17.4 Å². The van der Waals surface area contributed by atoms with Gasteiger partial charge in [0.05, 0.1) is 6.20 Å². The summed E-state index contributed by atoms with van der Waals surface area (Å²) in [5.74, 6) is -0.0783. The van der Waals surface area contributed by atoms with Crippen molar-refractivity contribution in [3.8, 4) is 0 Å². The Morgan fingerprint density at radius 1 is 1.50 bits per heavy atom. The number of amides is 1. The van der Waals surface area contributed by atoms with Crippen molar-refractivity contribution in [2.75, 3.05) is 7.05 Å². The lowest BCUT2D eigenvalue weighted by Gasteiger charge is -2.36. The van der Waals surface area contributed by atoms with Crippen LogP contribution in [0.5, 0.6) is 0 Å². The van der Waals surface area contributed by atoms with Crippen molar-refractivity contribution in [1.82, 2.24) is 14.7 Å². The lowest BCUT2D eigenvalue weighted by molar-refractivity contribution is -0.135. The minimum Gasteiger partial charge on any atom is -0.341 e. The van der Waals surface area contributed by atoms with Gasteiger partial charge in [0.25, 0.3) is 0 Å². The third kappa shape index (κ3) is 3.10. The molecule has 0 fully saturated rings. The van der Waals surface area contributed by atoms with Crippen molar-refractivity contribution in [2.24, 2.45) is 18.2 Å². The van der Waals surface area contributed by atoms with Crippen LogP contribution in [0.2, 0.25) is 0 Å². The highest BCUT2D eigenvalue weighted by Crippen LogP contribution is 2.24. The molecule has 0 aliphatic heterocycles. The molecule has 0 aromatic carbocycles. The van der Waals surface area contributed by atoms with Crippen molar-refractivity contribution >= 4 is 5.91 Å². The molecule has 102 valence electrons. The summed E-state index contributed by atoms with van der Waals surface area (Å²) >= 11 is 0. The number of aryl methyl sites for hydroxylation is 1. The largest absolute Gasteiger partial charge is 0.341 e. The van der Waals surface area contributed by atoms with Crippen LogP contribution in [-0.2, 0) is 11.8 Å². The van der Waals surface area contributed by atoms with E-state index in [0.29, 0.717) is 0 Å². The van der Waals surface area contributed by atoms with E-state index < -0.39 is 6.04 Å². The normalized spacial score (nSPS) is 15.3. The van der Waals surface area contributed by atoms with E-state index in [9.17, 15) is 4.79 Å². The van der Waals surface area contributed by atoms with Crippen LogP contribution in [0.3, 0.4) is 0 Å². The molecule has 1 heterocycles. The van der Waals surface area contributed by atoms with Gasteiger partial charge in [-0.2, -0.15) is 5.10 Å². The van der Waals surface area contributed by atoms with Crippen LogP contribution in [0.4, 0.5) is 0 Å². The molecule has 2 unspecified atom stereocenters. The molecule has 18 heavy (non-hydrogen) atoms. The number of carbonyl (C=O) groups excluding carboxylic acids is 1. The zero-order valence-corrected chi connectivity index (χ0v) is 12.1. The molecule has 2 atom stereocenters. The maximum absolute atomic E-state index is 12.3. The van der Waals surface area contributed by atoms with Crippen LogP contribution in [0.1, 0.15) is 39.3 Å². The van der Waals surface area contributed by atoms with Crippen LogP contribution in [0.15, 0.2) is 12.4 Å². The summed E-state index contributed by atoms with van der Waals surface area (Å²) in [6.07, 6.45) is 3.41. The molecule has 0 aliphatic carbocycles. The van der Waals surface area contributed by atoms with Crippen molar-refractivity contribution < 1.29 is 4.79 Å². The zero-order valence-electron chi connectivity index (χ0n) is 12.1. The molecular weight excluding hydrogens is 228 g/mol. The number of carbonyl (C=O) groups is 1. The topological polar surface area (TPSA) is 64.2 Å². The van der Waals surface area contributed by atoms with E-state index in [1.807, 2.05) is 14.0 Å². The van der Waals surface area contributed by atoms with E-state index in [2.05, 4.69) is 25.9 Å². The Kier molecular flexibility index (Phi) is 4.16. The number of nitrogens with zero attached hydrogens (tertiary/aromatic N) is 3. The van der Waals surface area contributed by atoms with Gasteiger partial charge in [-0.05, 0) is 12.3 Å². The fourth-order valence-electron chi connectivity index (χ4n) is 1.73. The minimum atomic E-state index is -0.645. The number of rotatable bonds is 3. The highest BCUT2D eigenvalue weighted by Gasteiger charge is 2.30. The summed E-state index contributed by atoms with van der Waals surface area (Å²) in [5.41, 5.74) is 6.76. The van der Waals surface area contributed by atoms with Crippen LogP contribution >= 0.6 is 0 Å². The van der Waals surface area contributed by atoms with E-state index in [1.165, 1.54) is 0 Å². The molecule has 0 saturated heterocycles. The number of likely N-dealkylation sites (N-methyl/N-ethyl adjacent to an activating group) is 1. The van der Waals surface area contributed by atoms with Gasteiger partial charge < -0.3 is 10.6 Å². The second-order valence-electron chi connectivity index (χ2n) is 5.92. The molecule has 0 aliphatic rings. The minimum absolute atomic E-state index is 0.0269. The zero-order chi connectivity index (χ0) is 14.1. The Balaban J connectivity index is 2.81. The molecule has 5 nitrogen and oxygen atoms in total. The van der Waals surface area contributed by atoms with Crippen molar-refractivity contribution in [3.05, 3.63) is 18.0 Å². The molecule has 1 amide bonds. The Bertz CT molecular complexity index is 419. The second-order valence-corrected chi connectivity index (χ2v) is 5.92. The molecule has 0 spiro atoms. The van der Waals surface area contributed by atoms with Crippen LogP contribution < -0.4 is 5.73 Å². The Labute approximate surface area is 109 Å². The third-order valence-electron chi connectivity index (χ3n) is 3.53. The molecule has 1 aromatic rings. The van der Waals surface area contributed by atoms with Crippen LogP contribution in [-0.4, -0.2) is 33.7 Å². The van der Waals surface area contributed by atoms with Gasteiger partial charge in [-0.25, -0.2) is 0 Å². The first-order valence-corrected chi connectivity index (χ1v) is 6.15.